The first-order valence-corrected chi connectivity index (χ1v) is 8.77. The van der Waals surface area contributed by atoms with E-state index in [1.54, 1.807) is 7.11 Å². The van der Waals surface area contributed by atoms with E-state index in [4.69, 9.17) is 4.74 Å². The number of benzene rings is 1. The molecule has 0 amide bonds. The summed E-state index contributed by atoms with van der Waals surface area (Å²) in [4.78, 5) is 6.85. The maximum atomic E-state index is 5.64. The molecular formula is C18H22BrN3O. The molecule has 4 nitrogen and oxygen atoms in total. The Kier molecular flexibility index (Phi) is 5.65. The Labute approximate surface area is 146 Å². The van der Waals surface area contributed by atoms with Crippen LogP contribution >= 0.6 is 15.9 Å². The van der Waals surface area contributed by atoms with Gasteiger partial charge in [-0.15, -0.1) is 0 Å². The second-order valence-electron chi connectivity index (χ2n) is 5.71. The molecule has 0 bridgehead atoms. The number of rotatable bonds is 4. The first-order chi connectivity index (χ1) is 11.3. The molecule has 0 aliphatic carbocycles. The number of aromatic nitrogens is 1. The normalized spacial score (nSPS) is 17.5. The quantitative estimate of drug-likeness (QED) is 0.889. The van der Waals surface area contributed by atoms with Crippen molar-refractivity contribution in [1.82, 2.24) is 15.2 Å². The fraction of sp³-hybridized carbons (Fsp3) is 0.389. The SMILES string of the molecule is COc1ccc(Br)cc1C(c1cccnc1)N1CCCNCC1. The van der Waals surface area contributed by atoms with Crippen molar-refractivity contribution in [3.63, 3.8) is 0 Å². The summed E-state index contributed by atoms with van der Waals surface area (Å²) in [6.07, 6.45) is 4.93. The number of nitrogens with one attached hydrogen (secondary N) is 1. The lowest BCUT2D eigenvalue weighted by Gasteiger charge is -2.32. The second kappa shape index (κ2) is 7.90. The van der Waals surface area contributed by atoms with Gasteiger partial charge in [0.15, 0.2) is 0 Å². The minimum Gasteiger partial charge on any atom is -0.496 e. The fourth-order valence-electron chi connectivity index (χ4n) is 3.17. The van der Waals surface area contributed by atoms with Crippen molar-refractivity contribution in [2.24, 2.45) is 0 Å². The molecule has 1 atom stereocenters. The highest BCUT2D eigenvalue weighted by Crippen LogP contribution is 2.36. The molecule has 0 saturated carbocycles. The Morgan fingerprint density at radius 3 is 2.96 bits per heavy atom. The molecule has 122 valence electrons. The summed E-state index contributed by atoms with van der Waals surface area (Å²) in [5.41, 5.74) is 2.38. The zero-order valence-electron chi connectivity index (χ0n) is 13.3. The van der Waals surface area contributed by atoms with Crippen molar-refractivity contribution in [2.75, 3.05) is 33.3 Å². The third kappa shape index (κ3) is 3.91. The summed E-state index contributed by atoms with van der Waals surface area (Å²) in [7, 11) is 1.73. The first-order valence-electron chi connectivity index (χ1n) is 7.97. The van der Waals surface area contributed by atoms with Crippen LogP contribution < -0.4 is 10.1 Å². The predicted molar refractivity (Wildman–Crippen MR) is 95.8 cm³/mol. The van der Waals surface area contributed by atoms with Crippen LogP contribution in [0.1, 0.15) is 23.6 Å². The molecule has 1 saturated heterocycles. The van der Waals surface area contributed by atoms with Gasteiger partial charge in [0.25, 0.3) is 0 Å². The van der Waals surface area contributed by atoms with E-state index in [9.17, 15) is 0 Å². The van der Waals surface area contributed by atoms with Crippen LogP contribution in [0.25, 0.3) is 0 Å². The van der Waals surface area contributed by atoms with E-state index in [0.29, 0.717) is 0 Å². The molecule has 1 fully saturated rings. The number of nitrogens with zero attached hydrogens (tertiary/aromatic N) is 2. The number of methoxy groups -OCH3 is 1. The lowest BCUT2D eigenvalue weighted by Crippen LogP contribution is -2.33. The topological polar surface area (TPSA) is 37.4 Å². The average molecular weight is 376 g/mol. The van der Waals surface area contributed by atoms with Crippen molar-refractivity contribution >= 4 is 15.9 Å². The maximum absolute atomic E-state index is 5.64. The van der Waals surface area contributed by atoms with Crippen LogP contribution in [0.3, 0.4) is 0 Å². The summed E-state index contributed by atoms with van der Waals surface area (Å²) in [5, 5.41) is 3.48. The smallest absolute Gasteiger partial charge is 0.124 e. The molecule has 0 spiro atoms. The summed E-state index contributed by atoms with van der Waals surface area (Å²) in [6.45, 7) is 4.15. The third-order valence-corrected chi connectivity index (χ3v) is 4.72. The highest BCUT2D eigenvalue weighted by molar-refractivity contribution is 9.10. The van der Waals surface area contributed by atoms with Crippen LogP contribution in [-0.4, -0.2) is 43.2 Å². The highest BCUT2D eigenvalue weighted by atomic mass is 79.9. The number of halogens is 1. The first kappa shape index (κ1) is 16.4. The summed E-state index contributed by atoms with van der Waals surface area (Å²) in [6, 6.07) is 10.5. The van der Waals surface area contributed by atoms with Gasteiger partial charge in [0.05, 0.1) is 13.2 Å². The third-order valence-electron chi connectivity index (χ3n) is 4.23. The molecule has 1 aromatic heterocycles. The van der Waals surface area contributed by atoms with Crippen molar-refractivity contribution < 1.29 is 4.74 Å². The molecule has 1 aliphatic heterocycles. The Morgan fingerprint density at radius 2 is 2.17 bits per heavy atom. The van der Waals surface area contributed by atoms with E-state index in [1.807, 2.05) is 30.6 Å². The summed E-state index contributed by atoms with van der Waals surface area (Å²) >= 11 is 3.60. The van der Waals surface area contributed by atoms with Crippen LogP contribution in [0.4, 0.5) is 0 Å². The van der Waals surface area contributed by atoms with E-state index >= 15 is 0 Å². The molecule has 2 heterocycles. The lowest BCUT2D eigenvalue weighted by molar-refractivity contribution is 0.236. The lowest BCUT2D eigenvalue weighted by atomic mass is 9.97. The monoisotopic (exact) mass is 375 g/mol. The molecule has 1 N–H and O–H groups in total. The van der Waals surface area contributed by atoms with Crippen molar-refractivity contribution in [2.45, 2.75) is 12.5 Å². The average Bonchev–Trinajstić information content (AvgIpc) is 2.86. The second-order valence-corrected chi connectivity index (χ2v) is 6.63. The van der Waals surface area contributed by atoms with Gasteiger partial charge in [-0.05, 0) is 42.8 Å². The number of pyridine rings is 1. The molecule has 0 radical (unpaired) electrons. The fourth-order valence-corrected chi connectivity index (χ4v) is 3.55. The molecule has 23 heavy (non-hydrogen) atoms. The van der Waals surface area contributed by atoms with Gasteiger partial charge >= 0.3 is 0 Å². The van der Waals surface area contributed by atoms with Gasteiger partial charge < -0.3 is 10.1 Å². The van der Waals surface area contributed by atoms with Gasteiger partial charge in [-0.2, -0.15) is 0 Å². The van der Waals surface area contributed by atoms with Crippen LogP contribution in [0.5, 0.6) is 5.75 Å². The molecule has 1 aliphatic rings. The van der Waals surface area contributed by atoms with Crippen molar-refractivity contribution in [3.8, 4) is 5.75 Å². The van der Waals surface area contributed by atoms with Gasteiger partial charge in [-0.1, -0.05) is 22.0 Å². The predicted octanol–water partition coefficient (Wildman–Crippen LogP) is 3.24. The van der Waals surface area contributed by atoms with Gasteiger partial charge in [0.1, 0.15) is 5.75 Å². The van der Waals surface area contributed by atoms with E-state index in [0.717, 1.165) is 42.8 Å². The number of hydrogen-bond acceptors (Lipinski definition) is 4. The van der Waals surface area contributed by atoms with Crippen LogP contribution in [0.2, 0.25) is 0 Å². The number of ether oxygens (including phenoxy) is 1. The molecule has 1 unspecified atom stereocenters. The van der Waals surface area contributed by atoms with Gasteiger partial charge in [-0.3, -0.25) is 9.88 Å². The van der Waals surface area contributed by atoms with Crippen LogP contribution in [0.15, 0.2) is 47.2 Å². The zero-order valence-corrected chi connectivity index (χ0v) is 14.9. The Bertz CT molecular complexity index is 627. The highest BCUT2D eigenvalue weighted by Gasteiger charge is 2.26. The maximum Gasteiger partial charge on any atom is 0.124 e. The minimum absolute atomic E-state index is 0.149. The molecule has 1 aromatic carbocycles. The van der Waals surface area contributed by atoms with Crippen LogP contribution in [-0.2, 0) is 0 Å². The van der Waals surface area contributed by atoms with Gasteiger partial charge in [0.2, 0.25) is 0 Å². The number of hydrogen-bond donors (Lipinski definition) is 1. The van der Waals surface area contributed by atoms with E-state index in [-0.39, 0.29) is 6.04 Å². The van der Waals surface area contributed by atoms with Crippen LogP contribution in [0, 0.1) is 0 Å². The zero-order chi connectivity index (χ0) is 16.1. The standard InChI is InChI=1S/C18H22BrN3O/c1-23-17-6-5-15(19)12-16(17)18(14-4-2-7-21-13-14)22-10-3-8-20-9-11-22/h2,4-7,12-13,18,20H,3,8-11H2,1H3. The molecular weight excluding hydrogens is 354 g/mol. The largest absolute Gasteiger partial charge is 0.496 e. The summed E-state index contributed by atoms with van der Waals surface area (Å²) < 4.78 is 6.71. The van der Waals surface area contributed by atoms with E-state index in [2.05, 4.69) is 43.3 Å². The van der Waals surface area contributed by atoms with Crippen molar-refractivity contribution in [1.29, 1.82) is 0 Å². The molecule has 5 heteroatoms. The Balaban J connectivity index is 2.06. The van der Waals surface area contributed by atoms with E-state index < -0.39 is 0 Å². The Morgan fingerprint density at radius 1 is 1.26 bits per heavy atom. The minimum atomic E-state index is 0.149. The van der Waals surface area contributed by atoms with Gasteiger partial charge in [-0.25, -0.2) is 0 Å². The summed E-state index contributed by atoms with van der Waals surface area (Å²) in [5.74, 6) is 0.916. The van der Waals surface area contributed by atoms with Gasteiger partial charge in [0, 0.05) is 42.1 Å². The Hall–Kier alpha value is -1.43. The van der Waals surface area contributed by atoms with Crippen molar-refractivity contribution in [3.05, 3.63) is 58.3 Å². The van der Waals surface area contributed by atoms with E-state index in [1.165, 1.54) is 11.1 Å². The molecule has 3 rings (SSSR count). The molecule has 2 aromatic rings.